The molecule has 2 aliphatic rings. The first-order chi connectivity index (χ1) is 9.45. The molecule has 2 saturated heterocycles. The standard InChI is InChI=1S/C17H35N3/c1-17(2,3)16(18)8-13-19-11-6-15(7-12-19)14-20-9-4-5-10-20/h15-16H,4-14,18H2,1-3H3. The molecular weight excluding hydrogens is 246 g/mol. The average Bonchev–Trinajstić information content (AvgIpc) is 2.89. The molecule has 0 spiro atoms. The second-order valence-electron chi connectivity index (χ2n) is 8.05. The summed E-state index contributed by atoms with van der Waals surface area (Å²) in [4.78, 5) is 5.31. The van der Waals surface area contributed by atoms with Gasteiger partial charge in [-0.2, -0.15) is 0 Å². The summed E-state index contributed by atoms with van der Waals surface area (Å²) in [7, 11) is 0. The van der Waals surface area contributed by atoms with E-state index >= 15 is 0 Å². The van der Waals surface area contributed by atoms with Crippen LogP contribution in [0.15, 0.2) is 0 Å². The third kappa shape index (κ3) is 5.01. The highest BCUT2D eigenvalue weighted by Gasteiger charge is 2.25. The van der Waals surface area contributed by atoms with Gasteiger partial charge in [0.2, 0.25) is 0 Å². The molecule has 2 rings (SSSR count). The molecule has 0 bridgehead atoms. The minimum atomic E-state index is 0.244. The number of hydrogen-bond acceptors (Lipinski definition) is 3. The fourth-order valence-corrected chi connectivity index (χ4v) is 3.48. The smallest absolute Gasteiger partial charge is 0.00998 e. The van der Waals surface area contributed by atoms with Crippen molar-refractivity contribution >= 4 is 0 Å². The van der Waals surface area contributed by atoms with Gasteiger partial charge in [-0.1, -0.05) is 20.8 Å². The number of rotatable bonds is 5. The summed E-state index contributed by atoms with van der Waals surface area (Å²) in [5.41, 5.74) is 6.51. The Morgan fingerprint density at radius 3 is 2.15 bits per heavy atom. The zero-order valence-electron chi connectivity index (χ0n) is 13.9. The number of nitrogens with two attached hydrogens (primary N) is 1. The Kier molecular flexibility index (Phi) is 5.88. The molecule has 2 N–H and O–H groups in total. The van der Waals surface area contributed by atoms with Gasteiger partial charge in [0.15, 0.2) is 0 Å². The molecule has 1 unspecified atom stereocenters. The van der Waals surface area contributed by atoms with Crippen molar-refractivity contribution in [3.05, 3.63) is 0 Å². The van der Waals surface area contributed by atoms with Gasteiger partial charge >= 0.3 is 0 Å². The number of nitrogens with zero attached hydrogens (tertiary/aromatic N) is 2. The van der Waals surface area contributed by atoms with Crippen LogP contribution >= 0.6 is 0 Å². The lowest BCUT2D eigenvalue weighted by molar-refractivity contribution is 0.144. The highest BCUT2D eigenvalue weighted by molar-refractivity contribution is 4.81. The van der Waals surface area contributed by atoms with Gasteiger partial charge in [-0.25, -0.2) is 0 Å². The predicted octanol–water partition coefficient (Wildman–Crippen LogP) is 2.56. The van der Waals surface area contributed by atoms with E-state index in [0.717, 1.165) is 12.3 Å². The van der Waals surface area contributed by atoms with E-state index in [1.54, 1.807) is 0 Å². The highest BCUT2D eigenvalue weighted by Crippen LogP contribution is 2.23. The van der Waals surface area contributed by atoms with E-state index in [2.05, 4.69) is 30.6 Å². The van der Waals surface area contributed by atoms with Gasteiger partial charge < -0.3 is 15.5 Å². The van der Waals surface area contributed by atoms with E-state index < -0.39 is 0 Å². The average molecular weight is 281 g/mol. The summed E-state index contributed by atoms with van der Waals surface area (Å²) in [6.07, 6.45) is 6.76. The summed E-state index contributed by atoms with van der Waals surface area (Å²) in [6, 6.07) is 0.324. The zero-order valence-corrected chi connectivity index (χ0v) is 13.9. The Labute approximate surface area is 125 Å². The first kappa shape index (κ1) is 16.3. The van der Waals surface area contributed by atoms with Crippen molar-refractivity contribution < 1.29 is 0 Å². The zero-order chi connectivity index (χ0) is 14.6. The Morgan fingerprint density at radius 1 is 1.00 bits per heavy atom. The fourth-order valence-electron chi connectivity index (χ4n) is 3.48. The quantitative estimate of drug-likeness (QED) is 0.840. The molecule has 0 aliphatic carbocycles. The lowest BCUT2D eigenvalue weighted by atomic mass is 9.85. The maximum absolute atomic E-state index is 6.27. The van der Waals surface area contributed by atoms with Crippen molar-refractivity contribution in [1.29, 1.82) is 0 Å². The largest absolute Gasteiger partial charge is 0.327 e. The fraction of sp³-hybridized carbons (Fsp3) is 1.00. The van der Waals surface area contributed by atoms with Crippen LogP contribution in [-0.2, 0) is 0 Å². The normalized spacial score (nSPS) is 25.2. The summed E-state index contributed by atoms with van der Waals surface area (Å²) in [5, 5.41) is 0. The molecule has 3 nitrogen and oxygen atoms in total. The summed E-state index contributed by atoms with van der Waals surface area (Å²) in [5.74, 6) is 0.945. The molecule has 0 aromatic heterocycles. The molecule has 118 valence electrons. The molecule has 1 atom stereocenters. The molecule has 2 fully saturated rings. The number of hydrogen-bond donors (Lipinski definition) is 1. The molecule has 0 aromatic carbocycles. The molecule has 0 aromatic rings. The minimum Gasteiger partial charge on any atom is -0.327 e. The van der Waals surface area contributed by atoms with E-state index in [1.165, 1.54) is 65.0 Å². The van der Waals surface area contributed by atoms with Crippen LogP contribution in [0.5, 0.6) is 0 Å². The molecular formula is C17H35N3. The van der Waals surface area contributed by atoms with Crippen molar-refractivity contribution in [1.82, 2.24) is 9.80 Å². The van der Waals surface area contributed by atoms with Crippen LogP contribution in [0.3, 0.4) is 0 Å². The minimum absolute atomic E-state index is 0.244. The van der Waals surface area contributed by atoms with Gasteiger partial charge in [-0.05, 0) is 76.2 Å². The van der Waals surface area contributed by atoms with Gasteiger partial charge in [0, 0.05) is 12.6 Å². The maximum Gasteiger partial charge on any atom is 0.00998 e. The van der Waals surface area contributed by atoms with Gasteiger partial charge in [-0.3, -0.25) is 0 Å². The highest BCUT2D eigenvalue weighted by atomic mass is 15.2. The van der Waals surface area contributed by atoms with Crippen LogP contribution in [-0.4, -0.2) is 55.1 Å². The van der Waals surface area contributed by atoms with Crippen molar-refractivity contribution in [2.45, 2.75) is 58.9 Å². The molecule has 0 amide bonds. The lowest BCUT2D eigenvalue weighted by Crippen LogP contribution is -2.42. The molecule has 2 aliphatic heterocycles. The number of piperidine rings is 1. The second kappa shape index (κ2) is 7.24. The van der Waals surface area contributed by atoms with Crippen molar-refractivity contribution in [3.8, 4) is 0 Å². The predicted molar refractivity (Wildman–Crippen MR) is 86.9 cm³/mol. The summed E-state index contributed by atoms with van der Waals surface area (Å²) < 4.78 is 0. The van der Waals surface area contributed by atoms with Crippen LogP contribution in [0.25, 0.3) is 0 Å². The van der Waals surface area contributed by atoms with Gasteiger partial charge in [-0.15, -0.1) is 0 Å². The van der Waals surface area contributed by atoms with Crippen molar-refractivity contribution in [2.75, 3.05) is 39.3 Å². The van der Waals surface area contributed by atoms with Crippen LogP contribution in [0, 0.1) is 11.3 Å². The third-order valence-electron chi connectivity index (χ3n) is 5.29. The molecule has 0 radical (unpaired) electrons. The molecule has 3 heteroatoms. The van der Waals surface area contributed by atoms with E-state index in [1.807, 2.05) is 0 Å². The van der Waals surface area contributed by atoms with E-state index in [4.69, 9.17) is 5.73 Å². The monoisotopic (exact) mass is 281 g/mol. The third-order valence-corrected chi connectivity index (χ3v) is 5.29. The number of likely N-dealkylation sites (tertiary alicyclic amines) is 2. The van der Waals surface area contributed by atoms with Crippen molar-refractivity contribution in [3.63, 3.8) is 0 Å². The van der Waals surface area contributed by atoms with Crippen LogP contribution in [0.2, 0.25) is 0 Å². The summed E-state index contributed by atoms with van der Waals surface area (Å²) in [6.45, 7) is 14.6. The summed E-state index contributed by atoms with van der Waals surface area (Å²) >= 11 is 0. The van der Waals surface area contributed by atoms with Crippen LogP contribution in [0.1, 0.15) is 52.9 Å². The van der Waals surface area contributed by atoms with Gasteiger partial charge in [0.05, 0.1) is 0 Å². The molecule has 0 saturated carbocycles. The van der Waals surface area contributed by atoms with Gasteiger partial charge in [0.1, 0.15) is 0 Å². The van der Waals surface area contributed by atoms with E-state index in [0.29, 0.717) is 6.04 Å². The second-order valence-corrected chi connectivity index (χ2v) is 8.05. The first-order valence-corrected chi connectivity index (χ1v) is 8.65. The lowest BCUT2D eigenvalue weighted by Gasteiger charge is -2.35. The topological polar surface area (TPSA) is 32.5 Å². The Balaban J connectivity index is 1.61. The molecule has 2 heterocycles. The van der Waals surface area contributed by atoms with E-state index in [9.17, 15) is 0 Å². The Bertz CT molecular complexity index is 270. The van der Waals surface area contributed by atoms with E-state index in [-0.39, 0.29) is 5.41 Å². The maximum atomic E-state index is 6.27. The van der Waals surface area contributed by atoms with Crippen LogP contribution in [0.4, 0.5) is 0 Å². The van der Waals surface area contributed by atoms with Crippen LogP contribution < -0.4 is 5.73 Å². The first-order valence-electron chi connectivity index (χ1n) is 8.65. The van der Waals surface area contributed by atoms with Crippen molar-refractivity contribution in [2.24, 2.45) is 17.1 Å². The molecule has 20 heavy (non-hydrogen) atoms. The SMILES string of the molecule is CC(C)(C)C(N)CCN1CCC(CN2CCCC2)CC1. The van der Waals surface area contributed by atoms with Gasteiger partial charge in [0.25, 0.3) is 0 Å². The Hall–Kier alpha value is -0.120. The Morgan fingerprint density at radius 2 is 1.60 bits per heavy atom.